The van der Waals surface area contributed by atoms with Crippen molar-refractivity contribution < 1.29 is 14.3 Å². The zero-order valence-corrected chi connectivity index (χ0v) is 12.4. The minimum absolute atomic E-state index is 0.0171. The number of benzene rings is 1. The predicted molar refractivity (Wildman–Crippen MR) is 75.5 cm³/mol. The van der Waals surface area contributed by atoms with Crippen molar-refractivity contribution in [1.82, 2.24) is 4.90 Å². The number of nitrogens with zero attached hydrogens (tertiary/aromatic N) is 1. The van der Waals surface area contributed by atoms with E-state index in [1.165, 1.54) is 6.92 Å². The summed E-state index contributed by atoms with van der Waals surface area (Å²) in [5, 5.41) is 0. The average Bonchev–Trinajstić information content (AvgIpc) is 2.89. The molecule has 5 heteroatoms. The van der Waals surface area contributed by atoms with Crippen LogP contribution in [0.2, 0.25) is 0 Å². The maximum absolute atomic E-state index is 11.9. The fourth-order valence-corrected chi connectivity index (χ4v) is 2.44. The number of likely N-dealkylation sites (tertiary alicyclic amines) is 1. The maximum atomic E-state index is 11.9. The molecule has 0 atom stereocenters. The van der Waals surface area contributed by atoms with E-state index in [9.17, 15) is 9.59 Å². The molecule has 1 aromatic carbocycles. The van der Waals surface area contributed by atoms with Crippen molar-refractivity contribution in [2.45, 2.75) is 19.8 Å². The largest absolute Gasteiger partial charge is 0.483 e. The van der Waals surface area contributed by atoms with E-state index in [2.05, 4.69) is 15.9 Å². The predicted octanol–water partition coefficient (Wildman–Crippen LogP) is 2.65. The van der Waals surface area contributed by atoms with E-state index < -0.39 is 0 Å². The molecule has 0 spiro atoms. The van der Waals surface area contributed by atoms with Crippen LogP contribution in [0, 0.1) is 0 Å². The first-order valence-corrected chi connectivity index (χ1v) is 7.08. The van der Waals surface area contributed by atoms with Gasteiger partial charge < -0.3 is 9.64 Å². The van der Waals surface area contributed by atoms with E-state index in [4.69, 9.17) is 4.74 Å². The summed E-state index contributed by atoms with van der Waals surface area (Å²) in [4.78, 5) is 25.2. The van der Waals surface area contributed by atoms with Gasteiger partial charge in [-0.15, -0.1) is 0 Å². The molecule has 1 aliphatic rings. The summed E-state index contributed by atoms with van der Waals surface area (Å²) >= 11 is 3.33. The van der Waals surface area contributed by atoms with Gasteiger partial charge in [0.05, 0.1) is 5.56 Å². The molecule has 19 heavy (non-hydrogen) atoms. The fourth-order valence-electron chi connectivity index (χ4n) is 2.10. The van der Waals surface area contributed by atoms with Crippen LogP contribution < -0.4 is 4.74 Å². The normalized spacial score (nSPS) is 14.5. The molecule has 1 fully saturated rings. The molecule has 0 radical (unpaired) electrons. The van der Waals surface area contributed by atoms with E-state index in [-0.39, 0.29) is 18.3 Å². The lowest BCUT2D eigenvalue weighted by atomic mass is 10.1. The van der Waals surface area contributed by atoms with Crippen molar-refractivity contribution in [2.24, 2.45) is 0 Å². The fraction of sp³-hybridized carbons (Fsp3) is 0.429. The second-order valence-corrected chi connectivity index (χ2v) is 5.49. The number of ether oxygens (including phenoxy) is 1. The standard InChI is InChI=1S/C14H16BrNO3/c1-10(17)12-5-4-11(15)8-13(12)19-9-14(18)16-6-2-3-7-16/h4-5,8H,2-3,6-7,9H2,1H3. The van der Waals surface area contributed by atoms with E-state index in [0.717, 1.165) is 30.4 Å². The highest BCUT2D eigenvalue weighted by molar-refractivity contribution is 9.10. The summed E-state index contributed by atoms with van der Waals surface area (Å²) in [7, 11) is 0. The third kappa shape index (κ3) is 3.56. The number of hydrogen-bond donors (Lipinski definition) is 0. The van der Waals surface area contributed by atoms with Crippen molar-refractivity contribution in [3.8, 4) is 5.75 Å². The molecule has 2 rings (SSSR count). The molecule has 4 nitrogen and oxygen atoms in total. The number of hydrogen-bond acceptors (Lipinski definition) is 3. The van der Waals surface area contributed by atoms with Gasteiger partial charge in [0, 0.05) is 17.6 Å². The van der Waals surface area contributed by atoms with Gasteiger partial charge in [-0.1, -0.05) is 15.9 Å². The Hall–Kier alpha value is -1.36. The number of Topliss-reactive ketones (excluding diaryl/α,β-unsaturated/α-hetero) is 1. The van der Waals surface area contributed by atoms with E-state index in [1.54, 1.807) is 23.1 Å². The molecular formula is C14H16BrNO3. The number of amides is 1. The first kappa shape index (κ1) is 14.1. The maximum Gasteiger partial charge on any atom is 0.260 e. The molecule has 0 unspecified atom stereocenters. The van der Waals surface area contributed by atoms with Crippen LogP contribution in [0.15, 0.2) is 22.7 Å². The van der Waals surface area contributed by atoms with E-state index in [0.29, 0.717) is 11.3 Å². The summed E-state index contributed by atoms with van der Waals surface area (Å²) < 4.78 is 6.33. The summed E-state index contributed by atoms with van der Waals surface area (Å²) in [6, 6.07) is 5.20. The SMILES string of the molecule is CC(=O)c1ccc(Br)cc1OCC(=O)N1CCCC1. The van der Waals surface area contributed by atoms with Crippen molar-refractivity contribution in [3.63, 3.8) is 0 Å². The van der Waals surface area contributed by atoms with Crippen LogP contribution in [-0.2, 0) is 4.79 Å². The van der Waals surface area contributed by atoms with Gasteiger partial charge in [0.15, 0.2) is 12.4 Å². The highest BCUT2D eigenvalue weighted by atomic mass is 79.9. The molecule has 102 valence electrons. The van der Waals surface area contributed by atoms with Gasteiger partial charge in [0.1, 0.15) is 5.75 Å². The molecule has 0 aliphatic carbocycles. The Bertz CT molecular complexity index is 495. The van der Waals surface area contributed by atoms with Crippen LogP contribution in [-0.4, -0.2) is 36.3 Å². The highest BCUT2D eigenvalue weighted by Gasteiger charge is 2.19. The third-order valence-corrected chi connectivity index (χ3v) is 3.63. The minimum atomic E-state index is -0.0730. The van der Waals surface area contributed by atoms with Crippen molar-refractivity contribution in [2.75, 3.05) is 19.7 Å². The monoisotopic (exact) mass is 325 g/mol. The van der Waals surface area contributed by atoms with Gasteiger partial charge in [-0.2, -0.15) is 0 Å². The molecule has 1 aliphatic heterocycles. The number of carbonyl (C=O) groups is 2. The quantitative estimate of drug-likeness (QED) is 0.799. The average molecular weight is 326 g/mol. The van der Waals surface area contributed by atoms with Crippen molar-refractivity contribution in [3.05, 3.63) is 28.2 Å². The molecule has 1 saturated heterocycles. The highest BCUT2D eigenvalue weighted by Crippen LogP contribution is 2.24. The zero-order chi connectivity index (χ0) is 13.8. The summed E-state index contributed by atoms with van der Waals surface area (Å²) in [5.74, 6) is 0.359. The molecule has 0 aromatic heterocycles. The summed E-state index contributed by atoms with van der Waals surface area (Å²) in [6.07, 6.45) is 2.11. The Morgan fingerprint density at radius 1 is 1.32 bits per heavy atom. The van der Waals surface area contributed by atoms with Crippen LogP contribution in [0.1, 0.15) is 30.1 Å². The third-order valence-electron chi connectivity index (χ3n) is 3.13. The smallest absolute Gasteiger partial charge is 0.260 e. The number of rotatable bonds is 4. The number of halogens is 1. The Balaban J connectivity index is 2.04. The van der Waals surface area contributed by atoms with Crippen molar-refractivity contribution >= 4 is 27.6 Å². The summed E-state index contributed by atoms with van der Waals surface area (Å²) in [6.45, 7) is 3.08. The Morgan fingerprint density at radius 3 is 2.63 bits per heavy atom. The van der Waals surface area contributed by atoms with E-state index in [1.807, 2.05) is 0 Å². The van der Waals surface area contributed by atoms with Crippen LogP contribution in [0.3, 0.4) is 0 Å². The Labute approximate surface area is 120 Å². The second kappa shape index (κ2) is 6.19. The van der Waals surface area contributed by atoms with Crippen LogP contribution >= 0.6 is 15.9 Å². The van der Waals surface area contributed by atoms with Crippen LogP contribution in [0.4, 0.5) is 0 Å². The van der Waals surface area contributed by atoms with E-state index >= 15 is 0 Å². The molecule has 1 amide bonds. The zero-order valence-electron chi connectivity index (χ0n) is 10.8. The van der Waals surface area contributed by atoms with Crippen LogP contribution in [0.25, 0.3) is 0 Å². The molecule has 0 N–H and O–H groups in total. The number of carbonyl (C=O) groups excluding carboxylic acids is 2. The van der Waals surface area contributed by atoms with Gasteiger partial charge in [0.25, 0.3) is 5.91 Å². The van der Waals surface area contributed by atoms with Gasteiger partial charge in [-0.25, -0.2) is 0 Å². The first-order valence-electron chi connectivity index (χ1n) is 6.29. The lowest BCUT2D eigenvalue weighted by molar-refractivity contribution is -0.132. The lowest BCUT2D eigenvalue weighted by Gasteiger charge is -2.16. The van der Waals surface area contributed by atoms with Crippen molar-refractivity contribution in [1.29, 1.82) is 0 Å². The van der Waals surface area contributed by atoms with Gasteiger partial charge in [0.2, 0.25) is 0 Å². The molecule has 1 aromatic rings. The molecule has 0 bridgehead atoms. The first-order chi connectivity index (χ1) is 9.08. The lowest BCUT2D eigenvalue weighted by Crippen LogP contribution is -2.32. The summed E-state index contributed by atoms with van der Waals surface area (Å²) in [5.41, 5.74) is 0.498. The number of ketones is 1. The second-order valence-electron chi connectivity index (χ2n) is 4.57. The minimum Gasteiger partial charge on any atom is -0.483 e. The molecule has 1 heterocycles. The molecular weight excluding hydrogens is 310 g/mol. The van der Waals surface area contributed by atoms with Gasteiger partial charge in [-0.05, 0) is 38.0 Å². The van der Waals surface area contributed by atoms with Crippen LogP contribution in [0.5, 0.6) is 5.75 Å². The van der Waals surface area contributed by atoms with Gasteiger partial charge in [-0.3, -0.25) is 9.59 Å². The molecule has 0 saturated carbocycles. The Kier molecular flexibility index (Phi) is 4.58. The van der Waals surface area contributed by atoms with Gasteiger partial charge >= 0.3 is 0 Å². The Morgan fingerprint density at radius 2 is 2.00 bits per heavy atom. The topological polar surface area (TPSA) is 46.6 Å².